The fourth-order valence-corrected chi connectivity index (χ4v) is 7.01. The molecule has 3 aromatic carbocycles. The standard InChI is InChI=1S/C32H33F3N2O4S.C2HF3O2/c33-24-7-3-22(4-8-24)31(23-5-9-25(34)10-6-23)37-15-13-20(14-16-37)19-41-30-18-29(35)28(17-27(30)21-1-2-21)32(38)36-42(39,40)26-11-12-26;3-2(4,5)1(6)7/h3-10,17-18,20-21,26,31H,1-2,11-16,19H2,(H,36,38);(H,6,7). The van der Waals surface area contributed by atoms with Crippen LogP contribution in [0.4, 0.5) is 26.3 Å². The molecule has 3 fully saturated rings. The Kier molecular flexibility index (Phi) is 10.9. The summed E-state index contributed by atoms with van der Waals surface area (Å²) in [5, 5.41) is 6.54. The highest BCUT2D eigenvalue weighted by Crippen LogP contribution is 2.45. The van der Waals surface area contributed by atoms with Crippen LogP contribution >= 0.6 is 0 Å². The van der Waals surface area contributed by atoms with Gasteiger partial charge in [-0.15, -0.1) is 0 Å². The van der Waals surface area contributed by atoms with Crippen molar-refractivity contribution in [1.82, 2.24) is 9.62 Å². The van der Waals surface area contributed by atoms with E-state index in [0.717, 1.165) is 55.5 Å². The highest BCUT2D eigenvalue weighted by atomic mass is 32.2. The second kappa shape index (κ2) is 14.8. The van der Waals surface area contributed by atoms with E-state index in [1.807, 2.05) is 4.72 Å². The van der Waals surface area contributed by atoms with E-state index >= 15 is 4.39 Å². The number of carbonyl (C=O) groups is 2. The van der Waals surface area contributed by atoms with Crippen LogP contribution in [0.3, 0.4) is 0 Å². The summed E-state index contributed by atoms with van der Waals surface area (Å²) >= 11 is 0. The zero-order chi connectivity index (χ0) is 35.5. The summed E-state index contributed by atoms with van der Waals surface area (Å²) < 4.78 is 107. The minimum absolute atomic E-state index is 0.147. The SMILES string of the molecule is O=C(NS(=O)(=O)C1CC1)c1cc(C2CC2)c(OCC2CCN(C(c3ccc(F)cc3)c3ccc(F)cc3)CC2)cc1F.O=C(O)C(F)(F)F. The van der Waals surface area contributed by atoms with Crippen molar-refractivity contribution in [2.75, 3.05) is 19.7 Å². The van der Waals surface area contributed by atoms with Crippen molar-refractivity contribution >= 4 is 21.9 Å². The van der Waals surface area contributed by atoms with Gasteiger partial charge in [-0.3, -0.25) is 9.69 Å². The molecule has 1 heterocycles. The molecule has 1 saturated heterocycles. The first-order chi connectivity index (χ1) is 23.1. The number of carbonyl (C=O) groups excluding carboxylic acids is 1. The van der Waals surface area contributed by atoms with Crippen LogP contribution in [-0.2, 0) is 14.8 Å². The molecule has 3 aromatic rings. The third-order valence-corrected chi connectivity index (χ3v) is 10.5. The highest BCUT2D eigenvalue weighted by molar-refractivity contribution is 7.91. The van der Waals surface area contributed by atoms with Gasteiger partial charge in [0.2, 0.25) is 10.0 Å². The molecular formula is C34H34F6N2O6S. The quantitative estimate of drug-likeness (QED) is 0.225. The lowest BCUT2D eigenvalue weighted by atomic mass is 9.91. The summed E-state index contributed by atoms with van der Waals surface area (Å²) in [6.45, 7) is 1.87. The van der Waals surface area contributed by atoms with Gasteiger partial charge in [-0.2, -0.15) is 13.2 Å². The molecule has 6 rings (SSSR count). The van der Waals surface area contributed by atoms with Gasteiger partial charge in [0, 0.05) is 6.07 Å². The number of piperidine rings is 1. The van der Waals surface area contributed by atoms with Crippen LogP contribution in [0.15, 0.2) is 60.7 Å². The highest BCUT2D eigenvalue weighted by Gasteiger charge is 2.39. The number of amides is 1. The fraction of sp³-hybridized carbons (Fsp3) is 0.412. The molecule has 2 aliphatic carbocycles. The van der Waals surface area contributed by atoms with Gasteiger partial charge in [-0.1, -0.05) is 24.3 Å². The number of likely N-dealkylation sites (tertiary alicyclic amines) is 1. The molecule has 0 bridgehead atoms. The van der Waals surface area contributed by atoms with E-state index in [-0.39, 0.29) is 35.1 Å². The fourth-order valence-electron chi connectivity index (χ4n) is 5.72. The third-order valence-electron chi connectivity index (χ3n) is 8.66. The number of nitrogens with one attached hydrogen (secondary N) is 1. The number of carboxylic acid groups (broad SMARTS) is 1. The third kappa shape index (κ3) is 9.53. The summed E-state index contributed by atoms with van der Waals surface area (Å²) in [5.41, 5.74) is 2.30. The van der Waals surface area contributed by atoms with Crippen LogP contribution in [0.2, 0.25) is 0 Å². The molecule has 49 heavy (non-hydrogen) atoms. The van der Waals surface area contributed by atoms with Crippen molar-refractivity contribution < 1.29 is 54.2 Å². The van der Waals surface area contributed by atoms with Gasteiger partial charge in [0.15, 0.2) is 0 Å². The number of aliphatic carboxylic acids is 1. The number of benzene rings is 3. The second-order valence-electron chi connectivity index (χ2n) is 12.4. The molecule has 1 amide bonds. The first-order valence-electron chi connectivity index (χ1n) is 15.7. The minimum Gasteiger partial charge on any atom is -0.493 e. The zero-order valence-corrected chi connectivity index (χ0v) is 26.9. The van der Waals surface area contributed by atoms with Crippen molar-refractivity contribution in [3.63, 3.8) is 0 Å². The van der Waals surface area contributed by atoms with E-state index in [1.165, 1.54) is 36.4 Å². The van der Waals surface area contributed by atoms with Crippen LogP contribution in [0.5, 0.6) is 5.75 Å². The van der Waals surface area contributed by atoms with Crippen LogP contribution < -0.4 is 9.46 Å². The molecule has 264 valence electrons. The Labute approximate surface area is 279 Å². The maximum absolute atomic E-state index is 15.0. The molecule has 0 radical (unpaired) electrons. The molecule has 15 heteroatoms. The second-order valence-corrected chi connectivity index (χ2v) is 14.4. The number of ether oxygens (including phenoxy) is 1. The van der Waals surface area contributed by atoms with Crippen molar-refractivity contribution in [1.29, 1.82) is 0 Å². The van der Waals surface area contributed by atoms with E-state index in [4.69, 9.17) is 14.6 Å². The molecular weight excluding hydrogens is 678 g/mol. The average Bonchev–Trinajstić information content (AvgIpc) is 3.96. The average molecular weight is 713 g/mol. The maximum Gasteiger partial charge on any atom is 0.490 e. The van der Waals surface area contributed by atoms with Crippen molar-refractivity contribution in [3.8, 4) is 5.75 Å². The Morgan fingerprint density at radius 3 is 1.82 bits per heavy atom. The topological polar surface area (TPSA) is 113 Å². The number of carboxylic acids is 1. The molecule has 0 aromatic heterocycles. The Bertz CT molecular complexity index is 1710. The lowest BCUT2D eigenvalue weighted by Crippen LogP contribution is -2.38. The molecule has 8 nitrogen and oxygen atoms in total. The predicted octanol–water partition coefficient (Wildman–Crippen LogP) is 6.72. The Balaban J connectivity index is 0.000000606. The molecule has 2 N–H and O–H groups in total. The number of hydrogen-bond donors (Lipinski definition) is 2. The van der Waals surface area contributed by atoms with Gasteiger partial charge in [0.25, 0.3) is 5.91 Å². The molecule has 3 aliphatic rings. The summed E-state index contributed by atoms with van der Waals surface area (Å²) in [4.78, 5) is 23.8. The number of nitrogens with zero attached hydrogens (tertiary/aromatic N) is 1. The number of hydrogen-bond acceptors (Lipinski definition) is 6. The van der Waals surface area contributed by atoms with Crippen LogP contribution in [0.1, 0.15) is 77.5 Å². The van der Waals surface area contributed by atoms with E-state index in [2.05, 4.69) is 4.90 Å². The maximum atomic E-state index is 15.0. The van der Waals surface area contributed by atoms with Crippen LogP contribution in [-0.4, -0.2) is 61.4 Å². The first kappa shape index (κ1) is 36.2. The molecule has 0 atom stereocenters. The molecule has 2 saturated carbocycles. The summed E-state index contributed by atoms with van der Waals surface area (Å²) in [6, 6.07) is 15.3. The van der Waals surface area contributed by atoms with Gasteiger partial charge in [-0.05, 0) is 110 Å². The lowest BCUT2D eigenvalue weighted by molar-refractivity contribution is -0.192. The normalized spacial score (nSPS) is 17.3. The Hall–Kier alpha value is -4.11. The van der Waals surface area contributed by atoms with Gasteiger partial charge < -0.3 is 9.84 Å². The summed E-state index contributed by atoms with van der Waals surface area (Å²) in [5.74, 6) is -4.38. The van der Waals surface area contributed by atoms with Gasteiger partial charge in [0.1, 0.15) is 23.2 Å². The van der Waals surface area contributed by atoms with E-state index in [0.29, 0.717) is 25.2 Å². The zero-order valence-electron chi connectivity index (χ0n) is 26.1. The van der Waals surface area contributed by atoms with Crippen molar-refractivity contribution in [2.45, 2.75) is 61.9 Å². The predicted molar refractivity (Wildman–Crippen MR) is 166 cm³/mol. The Morgan fingerprint density at radius 1 is 0.857 bits per heavy atom. The summed E-state index contributed by atoms with van der Waals surface area (Å²) in [7, 11) is -3.79. The van der Waals surface area contributed by atoms with Gasteiger partial charge >= 0.3 is 12.1 Å². The van der Waals surface area contributed by atoms with Gasteiger partial charge in [-0.25, -0.2) is 31.1 Å². The van der Waals surface area contributed by atoms with E-state index < -0.39 is 39.1 Å². The van der Waals surface area contributed by atoms with E-state index in [1.54, 1.807) is 24.3 Å². The smallest absolute Gasteiger partial charge is 0.490 e. The lowest BCUT2D eigenvalue weighted by Gasteiger charge is -2.38. The number of alkyl halides is 3. The Morgan fingerprint density at radius 2 is 1.37 bits per heavy atom. The van der Waals surface area contributed by atoms with Crippen LogP contribution in [0, 0.1) is 23.4 Å². The first-order valence-corrected chi connectivity index (χ1v) is 17.2. The van der Waals surface area contributed by atoms with Crippen LogP contribution in [0.25, 0.3) is 0 Å². The van der Waals surface area contributed by atoms with Crippen molar-refractivity contribution in [3.05, 3.63) is 100 Å². The minimum atomic E-state index is -5.08. The van der Waals surface area contributed by atoms with E-state index in [9.17, 15) is 35.2 Å². The number of rotatable bonds is 10. The van der Waals surface area contributed by atoms with Crippen molar-refractivity contribution in [2.24, 2.45) is 5.92 Å². The number of sulfonamides is 1. The monoisotopic (exact) mass is 712 g/mol. The molecule has 0 spiro atoms. The molecule has 1 aliphatic heterocycles. The molecule has 0 unspecified atom stereocenters. The van der Waals surface area contributed by atoms with Gasteiger partial charge in [0.05, 0.1) is 23.5 Å². The summed E-state index contributed by atoms with van der Waals surface area (Å²) in [6.07, 6.45) is -0.641. The number of halogens is 6. The largest absolute Gasteiger partial charge is 0.493 e.